The molecule has 0 aromatic heterocycles. The van der Waals surface area contributed by atoms with E-state index >= 15 is 0 Å². The van der Waals surface area contributed by atoms with Gasteiger partial charge in [0, 0.05) is 12.1 Å². The lowest BCUT2D eigenvalue weighted by molar-refractivity contribution is -0.384. The number of aryl methyl sites for hydroxylation is 1. The predicted molar refractivity (Wildman–Crippen MR) is 66.0 cm³/mol. The summed E-state index contributed by atoms with van der Waals surface area (Å²) in [5.41, 5.74) is 0.643. The second-order valence-corrected chi connectivity index (χ2v) is 3.78. The average Bonchev–Trinajstić information content (AvgIpc) is 2.34. The Labute approximate surface area is 103 Å². The molecule has 2 rings (SSSR count). The van der Waals surface area contributed by atoms with Crippen molar-refractivity contribution >= 4 is 5.69 Å². The lowest BCUT2D eigenvalue weighted by atomic mass is 10.2. The molecule has 0 atom stereocenters. The average molecular weight is 245 g/mol. The standard InChI is InChI=1S/C13H11NO4/c1-9-8-10(14(16)17)6-7-12(9)18-13-5-3-2-4-11(13)15/h2-8,15H,1H3. The number of nitro benzene ring substituents is 1. The molecule has 92 valence electrons. The van der Waals surface area contributed by atoms with Gasteiger partial charge in [-0.15, -0.1) is 0 Å². The highest BCUT2D eigenvalue weighted by molar-refractivity contribution is 5.47. The van der Waals surface area contributed by atoms with Gasteiger partial charge in [-0.05, 0) is 30.7 Å². The highest BCUT2D eigenvalue weighted by atomic mass is 16.6. The highest BCUT2D eigenvalue weighted by Gasteiger charge is 2.10. The molecule has 0 aliphatic heterocycles. The van der Waals surface area contributed by atoms with Gasteiger partial charge in [0.25, 0.3) is 5.69 Å². The molecule has 0 aliphatic rings. The molecule has 5 heteroatoms. The molecule has 0 unspecified atom stereocenters. The summed E-state index contributed by atoms with van der Waals surface area (Å²) in [4.78, 5) is 10.1. The number of ether oxygens (including phenoxy) is 1. The first-order valence-electron chi connectivity index (χ1n) is 5.29. The number of non-ortho nitro benzene ring substituents is 1. The maximum absolute atomic E-state index is 10.6. The van der Waals surface area contributed by atoms with E-state index in [1.807, 2.05) is 0 Å². The van der Waals surface area contributed by atoms with Gasteiger partial charge >= 0.3 is 0 Å². The molecule has 0 amide bonds. The lowest BCUT2D eigenvalue weighted by Crippen LogP contribution is -1.92. The van der Waals surface area contributed by atoms with Gasteiger partial charge < -0.3 is 9.84 Å². The summed E-state index contributed by atoms with van der Waals surface area (Å²) in [6.45, 7) is 1.71. The number of benzene rings is 2. The Morgan fingerprint density at radius 1 is 1.17 bits per heavy atom. The van der Waals surface area contributed by atoms with Crippen molar-refractivity contribution in [2.45, 2.75) is 6.92 Å². The van der Waals surface area contributed by atoms with Crippen LogP contribution < -0.4 is 4.74 Å². The Balaban J connectivity index is 2.30. The first-order valence-corrected chi connectivity index (χ1v) is 5.29. The van der Waals surface area contributed by atoms with E-state index in [4.69, 9.17) is 4.74 Å². The Hall–Kier alpha value is -2.56. The van der Waals surface area contributed by atoms with Gasteiger partial charge in [-0.1, -0.05) is 12.1 Å². The normalized spacial score (nSPS) is 10.1. The largest absolute Gasteiger partial charge is 0.504 e. The summed E-state index contributed by atoms with van der Waals surface area (Å²) in [5.74, 6) is 0.812. The molecule has 0 fully saturated rings. The van der Waals surface area contributed by atoms with Crippen molar-refractivity contribution in [3.8, 4) is 17.2 Å². The molecule has 0 aliphatic carbocycles. The van der Waals surface area contributed by atoms with Crippen LogP contribution in [-0.2, 0) is 0 Å². The number of hydrogen-bond acceptors (Lipinski definition) is 4. The molecule has 0 saturated heterocycles. The molecule has 1 N–H and O–H groups in total. The molecule has 0 spiro atoms. The zero-order valence-electron chi connectivity index (χ0n) is 9.66. The topological polar surface area (TPSA) is 72.6 Å². The number of rotatable bonds is 3. The summed E-state index contributed by atoms with van der Waals surface area (Å²) in [7, 11) is 0. The van der Waals surface area contributed by atoms with Gasteiger partial charge in [0.15, 0.2) is 11.5 Å². The minimum Gasteiger partial charge on any atom is -0.504 e. The van der Waals surface area contributed by atoms with E-state index < -0.39 is 4.92 Å². The molecule has 2 aromatic rings. The Bertz CT molecular complexity index is 595. The zero-order chi connectivity index (χ0) is 13.1. The third-order valence-corrected chi connectivity index (χ3v) is 2.45. The molecule has 2 aromatic carbocycles. The van der Waals surface area contributed by atoms with Crippen LogP contribution in [-0.4, -0.2) is 10.0 Å². The third-order valence-electron chi connectivity index (χ3n) is 2.45. The van der Waals surface area contributed by atoms with Gasteiger partial charge in [-0.25, -0.2) is 0 Å². The van der Waals surface area contributed by atoms with Gasteiger partial charge in [-0.3, -0.25) is 10.1 Å². The smallest absolute Gasteiger partial charge is 0.269 e. The molecule has 0 bridgehead atoms. The minimum absolute atomic E-state index is 0.0112. The summed E-state index contributed by atoms with van der Waals surface area (Å²) < 4.78 is 5.50. The van der Waals surface area contributed by atoms with E-state index in [0.29, 0.717) is 17.1 Å². The van der Waals surface area contributed by atoms with Gasteiger partial charge in [0.2, 0.25) is 0 Å². The summed E-state index contributed by atoms with van der Waals surface area (Å²) in [6, 6.07) is 10.9. The number of para-hydroxylation sites is 2. The maximum atomic E-state index is 10.6. The summed E-state index contributed by atoms with van der Waals surface area (Å²) >= 11 is 0. The maximum Gasteiger partial charge on any atom is 0.269 e. The van der Waals surface area contributed by atoms with Crippen molar-refractivity contribution in [1.82, 2.24) is 0 Å². The first kappa shape index (κ1) is 11.9. The molecule has 0 radical (unpaired) electrons. The van der Waals surface area contributed by atoms with E-state index in [1.54, 1.807) is 25.1 Å². The van der Waals surface area contributed by atoms with E-state index in [1.165, 1.54) is 24.3 Å². The summed E-state index contributed by atoms with van der Waals surface area (Å²) in [5, 5.41) is 20.2. The SMILES string of the molecule is Cc1cc([N+](=O)[O-])ccc1Oc1ccccc1O. The zero-order valence-corrected chi connectivity index (χ0v) is 9.66. The molecular weight excluding hydrogens is 234 g/mol. The quantitative estimate of drug-likeness (QED) is 0.664. The number of aromatic hydroxyl groups is 1. The molecule has 0 heterocycles. The van der Waals surface area contributed by atoms with Crippen LogP contribution in [0, 0.1) is 17.0 Å². The van der Waals surface area contributed by atoms with Crippen molar-refractivity contribution in [2.75, 3.05) is 0 Å². The lowest BCUT2D eigenvalue weighted by Gasteiger charge is -2.09. The number of phenols is 1. The highest BCUT2D eigenvalue weighted by Crippen LogP contribution is 2.32. The number of nitro groups is 1. The summed E-state index contributed by atoms with van der Waals surface area (Å²) in [6.07, 6.45) is 0. The van der Waals surface area contributed by atoms with E-state index in [9.17, 15) is 15.2 Å². The van der Waals surface area contributed by atoms with E-state index in [0.717, 1.165) is 0 Å². The number of phenolic OH excluding ortho intramolecular Hbond substituents is 1. The molecule has 18 heavy (non-hydrogen) atoms. The van der Waals surface area contributed by atoms with Crippen LogP contribution in [0.2, 0.25) is 0 Å². The molecule has 5 nitrogen and oxygen atoms in total. The number of nitrogens with zero attached hydrogens (tertiary/aromatic N) is 1. The van der Waals surface area contributed by atoms with Crippen molar-refractivity contribution in [1.29, 1.82) is 0 Å². The van der Waals surface area contributed by atoms with Crippen LogP contribution in [0.4, 0.5) is 5.69 Å². The predicted octanol–water partition coefficient (Wildman–Crippen LogP) is 3.40. The van der Waals surface area contributed by atoms with Crippen LogP contribution in [0.25, 0.3) is 0 Å². The van der Waals surface area contributed by atoms with E-state index in [2.05, 4.69) is 0 Å². The monoisotopic (exact) mass is 245 g/mol. The van der Waals surface area contributed by atoms with Crippen LogP contribution in [0.3, 0.4) is 0 Å². The van der Waals surface area contributed by atoms with Crippen molar-refractivity contribution in [3.63, 3.8) is 0 Å². The molecule has 0 saturated carbocycles. The Morgan fingerprint density at radius 3 is 2.50 bits per heavy atom. The van der Waals surface area contributed by atoms with Crippen LogP contribution in [0.5, 0.6) is 17.2 Å². The van der Waals surface area contributed by atoms with Gasteiger partial charge in [0.05, 0.1) is 4.92 Å². The Morgan fingerprint density at radius 2 is 1.89 bits per heavy atom. The minimum atomic E-state index is -0.462. The van der Waals surface area contributed by atoms with Crippen molar-refractivity contribution < 1.29 is 14.8 Å². The van der Waals surface area contributed by atoms with Crippen LogP contribution >= 0.6 is 0 Å². The first-order chi connectivity index (χ1) is 8.58. The van der Waals surface area contributed by atoms with Crippen molar-refractivity contribution in [2.24, 2.45) is 0 Å². The van der Waals surface area contributed by atoms with Crippen LogP contribution in [0.15, 0.2) is 42.5 Å². The fraction of sp³-hybridized carbons (Fsp3) is 0.0769. The Kier molecular flexibility index (Phi) is 3.14. The fourth-order valence-electron chi connectivity index (χ4n) is 1.52. The fourth-order valence-corrected chi connectivity index (χ4v) is 1.52. The molecular formula is C13H11NO4. The van der Waals surface area contributed by atoms with Gasteiger partial charge in [0.1, 0.15) is 5.75 Å². The van der Waals surface area contributed by atoms with Crippen molar-refractivity contribution in [3.05, 3.63) is 58.1 Å². The van der Waals surface area contributed by atoms with Crippen LogP contribution in [0.1, 0.15) is 5.56 Å². The second-order valence-electron chi connectivity index (χ2n) is 3.78. The van der Waals surface area contributed by atoms with E-state index in [-0.39, 0.29) is 11.4 Å². The third kappa shape index (κ3) is 2.40. The number of hydrogen-bond donors (Lipinski definition) is 1. The second kappa shape index (κ2) is 4.75. The van der Waals surface area contributed by atoms with Gasteiger partial charge in [-0.2, -0.15) is 0 Å².